The van der Waals surface area contributed by atoms with Gasteiger partial charge in [0.25, 0.3) is 0 Å². The third-order valence-corrected chi connectivity index (χ3v) is 7.45. The first-order valence-corrected chi connectivity index (χ1v) is 13.2. The minimum atomic E-state index is -4.58. The van der Waals surface area contributed by atoms with Crippen LogP contribution in [0.25, 0.3) is 22.3 Å². The summed E-state index contributed by atoms with van der Waals surface area (Å²) in [7, 11) is -3.47. The summed E-state index contributed by atoms with van der Waals surface area (Å²) in [6.07, 6.45) is -1.42. The van der Waals surface area contributed by atoms with Crippen molar-refractivity contribution in [2.24, 2.45) is 0 Å². The second-order valence-corrected chi connectivity index (χ2v) is 10.6. The van der Waals surface area contributed by atoms with Crippen molar-refractivity contribution < 1.29 is 31.1 Å². The number of pyridine rings is 1. The van der Waals surface area contributed by atoms with E-state index in [-0.39, 0.29) is 40.5 Å². The lowest BCUT2D eigenvalue weighted by molar-refractivity contribution is -0.137. The maximum Gasteiger partial charge on any atom is 0.416 e. The summed E-state index contributed by atoms with van der Waals surface area (Å²) >= 11 is 0. The van der Waals surface area contributed by atoms with E-state index in [1.54, 1.807) is 48.8 Å². The Morgan fingerprint density at radius 2 is 1.69 bits per heavy atom. The molecular formula is C28H24ClF3N2O4S. The minimum Gasteiger partial charge on any atom is -0.456 e. The van der Waals surface area contributed by atoms with Gasteiger partial charge in [0.05, 0.1) is 21.9 Å². The Balaban J connectivity index is 0.00000420. The molecule has 0 aliphatic rings. The normalized spacial score (nSPS) is 11.4. The molecule has 204 valence electrons. The number of aromatic nitrogens is 1. The van der Waals surface area contributed by atoms with Crippen LogP contribution >= 0.6 is 12.4 Å². The molecule has 0 atom stereocenters. The topological polar surface area (TPSA) is 85.4 Å². The number of alkyl halides is 3. The average Bonchev–Trinajstić information content (AvgIpc) is 2.89. The number of halogens is 4. The number of carbonyl (C=O) groups is 1. The molecule has 1 aromatic heterocycles. The zero-order valence-electron chi connectivity index (χ0n) is 20.8. The molecule has 4 aromatic rings. The molecule has 6 nitrogen and oxygen atoms in total. The number of benzene rings is 3. The highest BCUT2D eigenvalue weighted by atomic mass is 35.5. The van der Waals surface area contributed by atoms with Gasteiger partial charge in [-0.25, -0.2) is 8.42 Å². The number of amides is 1. The summed E-state index contributed by atoms with van der Waals surface area (Å²) in [6, 6.07) is 17.3. The summed E-state index contributed by atoms with van der Waals surface area (Å²) in [5, 5.41) is 2.74. The number of carbonyl (C=O) groups excluding carboxylic acids is 1. The monoisotopic (exact) mass is 576 g/mol. The number of sulfone groups is 1. The van der Waals surface area contributed by atoms with E-state index in [1.807, 2.05) is 0 Å². The molecule has 1 heterocycles. The van der Waals surface area contributed by atoms with Gasteiger partial charge in [-0.15, -0.1) is 12.4 Å². The third-order valence-electron chi connectivity index (χ3n) is 5.70. The molecule has 39 heavy (non-hydrogen) atoms. The molecule has 0 saturated carbocycles. The average molecular weight is 577 g/mol. The SMILES string of the molecule is CCS(=O)(=O)c1ccc(-c2c(NC(C)=O)ccc(-c3cccnc3)c2Oc2cccc(C(F)(F)F)c2)cc1.Cl. The molecule has 0 radical (unpaired) electrons. The van der Waals surface area contributed by atoms with Crippen molar-refractivity contribution in [1.82, 2.24) is 4.98 Å². The summed E-state index contributed by atoms with van der Waals surface area (Å²) in [5.74, 6) is -0.370. The highest BCUT2D eigenvalue weighted by Crippen LogP contribution is 2.46. The van der Waals surface area contributed by atoms with Crippen LogP contribution in [0.5, 0.6) is 11.5 Å². The predicted octanol–water partition coefficient (Wildman–Crippen LogP) is 7.40. The third kappa shape index (κ3) is 6.76. The first kappa shape index (κ1) is 29.7. The van der Waals surface area contributed by atoms with Crippen LogP contribution in [-0.2, 0) is 20.8 Å². The molecule has 11 heteroatoms. The first-order valence-electron chi connectivity index (χ1n) is 11.5. The minimum absolute atomic E-state index is 0. The molecule has 3 aromatic carbocycles. The van der Waals surface area contributed by atoms with Gasteiger partial charge < -0.3 is 10.1 Å². The van der Waals surface area contributed by atoms with E-state index >= 15 is 0 Å². The van der Waals surface area contributed by atoms with E-state index in [4.69, 9.17) is 4.74 Å². The largest absolute Gasteiger partial charge is 0.456 e. The Labute approximate surface area is 230 Å². The molecule has 0 spiro atoms. The van der Waals surface area contributed by atoms with Crippen LogP contribution < -0.4 is 10.1 Å². The van der Waals surface area contributed by atoms with Crippen molar-refractivity contribution in [2.45, 2.75) is 24.9 Å². The van der Waals surface area contributed by atoms with E-state index in [0.717, 1.165) is 12.1 Å². The summed E-state index contributed by atoms with van der Waals surface area (Å²) < 4.78 is 71.0. The Kier molecular flexibility index (Phi) is 9.03. The van der Waals surface area contributed by atoms with Crippen molar-refractivity contribution in [1.29, 1.82) is 0 Å². The van der Waals surface area contributed by atoms with Gasteiger partial charge in [-0.2, -0.15) is 13.2 Å². The van der Waals surface area contributed by atoms with Gasteiger partial charge in [0, 0.05) is 36.0 Å². The van der Waals surface area contributed by atoms with E-state index in [0.29, 0.717) is 27.9 Å². The van der Waals surface area contributed by atoms with Crippen LogP contribution in [0.15, 0.2) is 90.1 Å². The number of ether oxygens (including phenoxy) is 1. The Hall–Kier alpha value is -3.89. The quantitative estimate of drug-likeness (QED) is 0.248. The van der Waals surface area contributed by atoms with Gasteiger partial charge in [0.15, 0.2) is 9.84 Å². The molecule has 1 amide bonds. The smallest absolute Gasteiger partial charge is 0.416 e. The number of rotatable bonds is 7. The van der Waals surface area contributed by atoms with Crippen LogP contribution in [0.4, 0.5) is 18.9 Å². The predicted molar refractivity (Wildman–Crippen MR) is 146 cm³/mol. The van der Waals surface area contributed by atoms with Crippen LogP contribution in [0, 0.1) is 0 Å². The van der Waals surface area contributed by atoms with Gasteiger partial charge in [-0.05, 0) is 54.1 Å². The number of anilines is 1. The fraction of sp³-hybridized carbons (Fsp3) is 0.143. The van der Waals surface area contributed by atoms with Crippen molar-refractivity contribution in [2.75, 3.05) is 11.1 Å². The van der Waals surface area contributed by atoms with Crippen molar-refractivity contribution in [3.05, 3.63) is 90.8 Å². The van der Waals surface area contributed by atoms with Crippen LogP contribution in [0.1, 0.15) is 19.4 Å². The zero-order chi connectivity index (χ0) is 27.5. The number of hydrogen-bond donors (Lipinski definition) is 1. The van der Waals surface area contributed by atoms with E-state index in [1.165, 1.54) is 38.1 Å². The molecular weight excluding hydrogens is 553 g/mol. The number of nitrogens with zero attached hydrogens (tertiary/aromatic N) is 1. The van der Waals surface area contributed by atoms with E-state index in [9.17, 15) is 26.4 Å². The lowest BCUT2D eigenvalue weighted by Crippen LogP contribution is -2.08. The highest BCUT2D eigenvalue weighted by molar-refractivity contribution is 7.91. The van der Waals surface area contributed by atoms with Crippen LogP contribution in [0.2, 0.25) is 0 Å². The van der Waals surface area contributed by atoms with Gasteiger partial charge >= 0.3 is 6.18 Å². The second kappa shape index (κ2) is 11.9. The van der Waals surface area contributed by atoms with E-state index in [2.05, 4.69) is 10.3 Å². The van der Waals surface area contributed by atoms with Crippen molar-refractivity contribution in [3.8, 4) is 33.8 Å². The van der Waals surface area contributed by atoms with Crippen LogP contribution in [0.3, 0.4) is 0 Å². The van der Waals surface area contributed by atoms with Gasteiger partial charge in [-0.3, -0.25) is 9.78 Å². The maximum absolute atomic E-state index is 13.4. The number of hydrogen-bond acceptors (Lipinski definition) is 5. The Bertz CT molecular complexity index is 1580. The molecule has 0 bridgehead atoms. The summed E-state index contributed by atoms with van der Waals surface area (Å²) in [5.41, 5.74) is 1.42. The standard InChI is InChI=1S/C28H23F3N2O4S.ClH/c1-3-38(35,36)23-11-9-19(10-12-23)26-25(33-18(2)34)14-13-24(20-6-5-15-32-17-20)27(26)37-22-8-4-7-21(16-22)28(29,30)31;/h4-17H,3H2,1-2H3,(H,33,34);1H. The maximum atomic E-state index is 13.4. The molecule has 0 fully saturated rings. The molecule has 0 unspecified atom stereocenters. The Morgan fingerprint density at radius 1 is 0.974 bits per heavy atom. The first-order chi connectivity index (χ1) is 18.0. The summed E-state index contributed by atoms with van der Waals surface area (Å²) in [4.78, 5) is 16.3. The fourth-order valence-electron chi connectivity index (χ4n) is 3.87. The molecule has 4 rings (SSSR count). The van der Waals surface area contributed by atoms with E-state index < -0.39 is 21.6 Å². The second-order valence-electron chi connectivity index (χ2n) is 8.34. The van der Waals surface area contributed by atoms with Crippen molar-refractivity contribution in [3.63, 3.8) is 0 Å². The fourth-order valence-corrected chi connectivity index (χ4v) is 4.75. The summed E-state index contributed by atoms with van der Waals surface area (Å²) in [6.45, 7) is 2.86. The highest BCUT2D eigenvalue weighted by Gasteiger charge is 2.31. The van der Waals surface area contributed by atoms with Gasteiger partial charge in [-0.1, -0.05) is 31.2 Å². The molecule has 1 N–H and O–H groups in total. The lowest BCUT2D eigenvalue weighted by Gasteiger charge is -2.20. The molecule has 0 aliphatic carbocycles. The van der Waals surface area contributed by atoms with Gasteiger partial charge in [0.1, 0.15) is 11.5 Å². The van der Waals surface area contributed by atoms with Crippen molar-refractivity contribution >= 4 is 33.8 Å². The lowest BCUT2D eigenvalue weighted by atomic mass is 9.96. The van der Waals surface area contributed by atoms with Crippen LogP contribution in [-0.4, -0.2) is 25.1 Å². The molecule has 0 aliphatic heterocycles. The van der Waals surface area contributed by atoms with Gasteiger partial charge in [0.2, 0.25) is 5.91 Å². The Morgan fingerprint density at radius 3 is 2.28 bits per heavy atom. The molecule has 0 saturated heterocycles. The zero-order valence-corrected chi connectivity index (χ0v) is 22.5. The number of nitrogens with one attached hydrogen (secondary N) is 1.